The lowest BCUT2D eigenvalue weighted by Gasteiger charge is -2.16. The van der Waals surface area contributed by atoms with E-state index in [-0.39, 0.29) is 11.8 Å². The minimum atomic E-state index is -2.94. The van der Waals surface area contributed by atoms with E-state index < -0.39 is 9.84 Å². The predicted octanol–water partition coefficient (Wildman–Crippen LogP) is 2.45. The van der Waals surface area contributed by atoms with Crippen LogP contribution in [-0.4, -0.2) is 31.6 Å². The number of sulfone groups is 1. The molecule has 0 aliphatic rings. The number of hydrogen-bond acceptors (Lipinski definition) is 3. The molecule has 2 N–H and O–H groups in total. The number of thiocarbonyl (C=S) groups is 1. The van der Waals surface area contributed by atoms with E-state index in [1.807, 2.05) is 19.1 Å². The fraction of sp³-hybridized carbons (Fsp3) is 0.417. The summed E-state index contributed by atoms with van der Waals surface area (Å²) in [4.78, 5) is 0. The zero-order chi connectivity index (χ0) is 14.5. The third-order valence-corrected chi connectivity index (χ3v) is 3.85. The van der Waals surface area contributed by atoms with Gasteiger partial charge in [0.2, 0.25) is 0 Å². The molecule has 0 radical (unpaired) electrons. The molecule has 0 aromatic heterocycles. The highest BCUT2D eigenvalue weighted by molar-refractivity contribution is 7.90. The summed E-state index contributed by atoms with van der Waals surface area (Å²) in [5.74, 6) is 0.144. The molecule has 7 heteroatoms. The van der Waals surface area contributed by atoms with Gasteiger partial charge >= 0.3 is 0 Å². The van der Waals surface area contributed by atoms with E-state index in [1.54, 1.807) is 12.1 Å². The van der Waals surface area contributed by atoms with E-state index in [4.69, 9.17) is 23.8 Å². The molecule has 1 rings (SSSR count). The molecule has 19 heavy (non-hydrogen) atoms. The summed E-state index contributed by atoms with van der Waals surface area (Å²) >= 11 is 10.9. The highest BCUT2D eigenvalue weighted by atomic mass is 35.5. The van der Waals surface area contributed by atoms with Gasteiger partial charge in [-0.2, -0.15) is 0 Å². The summed E-state index contributed by atoms with van der Waals surface area (Å²) in [6.45, 7) is 1.89. The Kier molecular flexibility index (Phi) is 6.03. The monoisotopic (exact) mass is 320 g/mol. The summed E-state index contributed by atoms with van der Waals surface area (Å²) in [5.41, 5.74) is 0.831. The van der Waals surface area contributed by atoms with Crippen LogP contribution in [0.15, 0.2) is 24.3 Å². The van der Waals surface area contributed by atoms with Crippen LogP contribution in [0.3, 0.4) is 0 Å². The Morgan fingerprint density at radius 3 is 2.47 bits per heavy atom. The van der Waals surface area contributed by atoms with Crippen LogP contribution >= 0.6 is 23.8 Å². The van der Waals surface area contributed by atoms with Crippen LogP contribution in [0.4, 0.5) is 5.69 Å². The van der Waals surface area contributed by atoms with Crippen molar-refractivity contribution in [3.05, 3.63) is 29.3 Å². The van der Waals surface area contributed by atoms with Crippen LogP contribution in [-0.2, 0) is 9.84 Å². The maximum absolute atomic E-state index is 11.1. The van der Waals surface area contributed by atoms with Gasteiger partial charge in [0.1, 0.15) is 9.84 Å². The highest BCUT2D eigenvalue weighted by Gasteiger charge is 2.08. The summed E-state index contributed by atoms with van der Waals surface area (Å²) in [5, 5.41) is 7.17. The molecule has 106 valence electrons. The van der Waals surface area contributed by atoms with E-state index in [2.05, 4.69) is 10.6 Å². The smallest absolute Gasteiger partial charge is 0.170 e. The van der Waals surface area contributed by atoms with Crippen LogP contribution in [0.1, 0.15) is 13.3 Å². The van der Waals surface area contributed by atoms with E-state index >= 15 is 0 Å². The van der Waals surface area contributed by atoms with Crippen LogP contribution < -0.4 is 10.6 Å². The van der Waals surface area contributed by atoms with Crippen molar-refractivity contribution >= 4 is 44.5 Å². The Morgan fingerprint density at radius 1 is 1.37 bits per heavy atom. The van der Waals surface area contributed by atoms with Crippen LogP contribution in [0.2, 0.25) is 5.02 Å². The molecule has 0 fully saturated rings. The topological polar surface area (TPSA) is 58.2 Å². The van der Waals surface area contributed by atoms with Gasteiger partial charge in [0.25, 0.3) is 0 Å². The molecule has 0 heterocycles. The summed E-state index contributed by atoms with van der Waals surface area (Å²) in [7, 11) is -2.94. The van der Waals surface area contributed by atoms with Gasteiger partial charge in [-0.05, 0) is 49.8 Å². The average molecular weight is 321 g/mol. The molecule has 0 unspecified atom stereocenters. The zero-order valence-electron chi connectivity index (χ0n) is 10.8. The lowest BCUT2D eigenvalue weighted by Crippen LogP contribution is -2.36. The molecule has 4 nitrogen and oxygen atoms in total. The van der Waals surface area contributed by atoms with Crippen molar-refractivity contribution in [3.63, 3.8) is 0 Å². The molecule has 1 aromatic carbocycles. The number of anilines is 1. The van der Waals surface area contributed by atoms with Gasteiger partial charge in [-0.1, -0.05) is 11.6 Å². The Hall–Kier alpha value is -0.850. The SMILES string of the molecule is C[C@H](CCS(C)(=O)=O)NC(=S)Nc1ccc(Cl)cc1. The highest BCUT2D eigenvalue weighted by Crippen LogP contribution is 2.13. The van der Waals surface area contributed by atoms with E-state index in [0.29, 0.717) is 16.6 Å². The van der Waals surface area contributed by atoms with Crippen molar-refractivity contribution < 1.29 is 8.42 Å². The molecular formula is C12H17ClN2O2S2. The van der Waals surface area contributed by atoms with Crippen LogP contribution in [0, 0.1) is 0 Å². The Balaban J connectivity index is 2.40. The van der Waals surface area contributed by atoms with Crippen molar-refractivity contribution in [2.45, 2.75) is 19.4 Å². The summed E-state index contributed by atoms with van der Waals surface area (Å²) in [6, 6.07) is 7.15. The quantitative estimate of drug-likeness (QED) is 0.816. The summed E-state index contributed by atoms with van der Waals surface area (Å²) < 4.78 is 22.1. The Morgan fingerprint density at radius 2 is 1.95 bits per heavy atom. The minimum absolute atomic E-state index is 0.0120. The Bertz CT molecular complexity index is 529. The first-order chi connectivity index (χ1) is 8.76. The van der Waals surface area contributed by atoms with Crippen molar-refractivity contribution in [1.82, 2.24) is 5.32 Å². The predicted molar refractivity (Wildman–Crippen MR) is 84.6 cm³/mol. The van der Waals surface area contributed by atoms with Gasteiger partial charge in [-0.25, -0.2) is 8.42 Å². The third kappa shape index (κ3) is 7.34. The maximum atomic E-state index is 11.1. The zero-order valence-corrected chi connectivity index (χ0v) is 13.2. The van der Waals surface area contributed by atoms with Crippen molar-refractivity contribution in [1.29, 1.82) is 0 Å². The first-order valence-corrected chi connectivity index (χ1v) is 8.62. The van der Waals surface area contributed by atoms with Crippen molar-refractivity contribution in [2.24, 2.45) is 0 Å². The molecule has 1 aromatic rings. The fourth-order valence-electron chi connectivity index (χ4n) is 1.39. The molecule has 0 bridgehead atoms. The molecule has 0 saturated carbocycles. The fourth-order valence-corrected chi connectivity index (χ4v) is 2.61. The van der Waals surface area contributed by atoms with Gasteiger partial charge in [0.05, 0.1) is 5.75 Å². The molecule has 0 spiro atoms. The van der Waals surface area contributed by atoms with Gasteiger partial charge in [-0.15, -0.1) is 0 Å². The van der Waals surface area contributed by atoms with E-state index in [1.165, 1.54) is 6.26 Å². The second-order valence-electron chi connectivity index (χ2n) is 4.42. The lowest BCUT2D eigenvalue weighted by molar-refractivity contribution is 0.585. The number of hydrogen-bond donors (Lipinski definition) is 2. The second-order valence-corrected chi connectivity index (χ2v) is 7.53. The minimum Gasteiger partial charge on any atom is -0.360 e. The first kappa shape index (κ1) is 16.2. The Labute approximate surface area is 124 Å². The van der Waals surface area contributed by atoms with Gasteiger partial charge in [-0.3, -0.25) is 0 Å². The van der Waals surface area contributed by atoms with Crippen molar-refractivity contribution in [3.8, 4) is 0 Å². The maximum Gasteiger partial charge on any atom is 0.170 e. The average Bonchev–Trinajstić information content (AvgIpc) is 2.29. The third-order valence-electron chi connectivity index (χ3n) is 2.40. The van der Waals surface area contributed by atoms with Gasteiger partial charge < -0.3 is 10.6 Å². The number of nitrogens with one attached hydrogen (secondary N) is 2. The van der Waals surface area contributed by atoms with Gasteiger partial charge in [0, 0.05) is 23.0 Å². The molecular weight excluding hydrogens is 304 g/mol. The number of halogens is 1. The van der Waals surface area contributed by atoms with Crippen LogP contribution in [0.5, 0.6) is 0 Å². The van der Waals surface area contributed by atoms with E-state index in [9.17, 15) is 8.42 Å². The van der Waals surface area contributed by atoms with E-state index in [0.717, 1.165) is 5.69 Å². The normalized spacial score (nSPS) is 12.8. The molecule has 1 atom stereocenters. The molecule has 0 aliphatic carbocycles. The number of benzene rings is 1. The van der Waals surface area contributed by atoms with Crippen molar-refractivity contribution in [2.75, 3.05) is 17.3 Å². The largest absolute Gasteiger partial charge is 0.360 e. The first-order valence-electron chi connectivity index (χ1n) is 5.77. The molecule has 0 aliphatic heterocycles. The summed E-state index contributed by atoms with van der Waals surface area (Å²) in [6.07, 6.45) is 1.74. The number of rotatable bonds is 5. The lowest BCUT2D eigenvalue weighted by atomic mass is 10.3. The standard InChI is InChI=1S/C12H17ClN2O2S2/c1-9(7-8-19(2,16)17)14-12(18)15-11-5-3-10(13)4-6-11/h3-6,9H,7-8H2,1-2H3,(H2,14,15,18)/t9-/m1/s1. The second kappa shape index (κ2) is 7.07. The van der Waals surface area contributed by atoms with Crippen LogP contribution in [0.25, 0.3) is 0 Å². The van der Waals surface area contributed by atoms with Gasteiger partial charge in [0.15, 0.2) is 5.11 Å². The molecule has 0 saturated heterocycles. The molecule has 0 amide bonds.